The van der Waals surface area contributed by atoms with Crippen LogP contribution in [0.2, 0.25) is 0 Å². The van der Waals surface area contributed by atoms with Gasteiger partial charge in [0.2, 0.25) is 0 Å². The van der Waals surface area contributed by atoms with Crippen LogP contribution in [0.25, 0.3) is 10.2 Å². The summed E-state index contributed by atoms with van der Waals surface area (Å²) in [5.74, 6) is 0.0508. The number of carbonyl (C=O) groups is 1. The fourth-order valence-corrected chi connectivity index (χ4v) is 3.84. The summed E-state index contributed by atoms with van der Waals surface area (Å²) in [4.78, 5) is 24.1. The average Bonchev–Trinajstić information content (AvgIpc) is 3.25. The van der Waals surface area contributed by atoms with E-state index in [1.165, 1.54) is 11.5 Å². The van der Waals surface area contributed by atoms with Crippen molar-refractivity contribution in [2.75, 3.05) is 13.1 Å². The molecule has 4 rings (SSSR count). The molecule has 1 aliphatic heterocycles. The number of amides is 1. The number of imidazole rings is 1. The Morgan fingerprint density at radius 3 is 3.17 bits per heavy atom. The van der Waals surface area contributed by atoms with Crippen LogP contribution in [0.1, 0.15) is 34.9 Å². The van der Waals surface area contributed by atoms with Crippen molar-refractivity contribution >= 4 is 27.7 Å². The molecule has 1 fully saturated rings. The van der Waals surface area contributed by atoms with Crippen molar-refractivity contribution in [3.63, 3.8) is 0 Å². The van der Waals surface area contributed by atoms with Gasteiger partial charge in [0.25, 0.3) is 5.91 Å². The van der Waals surface area contributed by atoms with Crippen molar-refractivity contribution < 1.29 is 4.79 Å². The number of aromatic nitrogens is 4. The molecule has 23 heavy (non-hydrogen) atoms. The Morgan fingerprint density at radius 2 is 2.35 bits per heavy atom. The third kappa shape index (κ3) is 2.61. The van der Waals surface area contributed by atoms with E-state index in [1.807, 2.05) is 30.4 Å². The monoisotopic (exact) mass is 327 g/mol. The number of rotatable bonds is 2. The Balaban J connectivity index is 1.58. The van der Waals surface area contributed by atoms with E-state index in [0.29, 0.717) is 18.2 Å². The molecule has 1 saturated heterocycles. The maximum absolute atomic E-state index is 12.8. The quantitative estimate of drug-likeness (QED) is 0.726. The molecule has 6 nitrogen and oxygen atoms in total. The van der Waals surface area contributed by atoms with Gasteiger partial charge in [-0.1, -0.05) is 0 Å². The maximum atomic E-state index is 12.8. The summed E-state index contributed by atoms with van der Waals surface area (Å²) in [6.45, 7) is 3.46. The normalized spacial score (nSPS) is 18.5. The summed E-state index contributed by atoms with van der Waals surface area (Å²) in [6, 6.07) is 2.22. The van der Waals surface area contributed by atoms with Crippen molar-refractivity contribution in [1.29, 1.82) is 0 Å². The number of piperidine rings is 1. The Bertz CT molecular complexity index is 841. The molecule has 0 spiro atoms. The SMILES string of the molecule is Cc1nsc2ncc(C(=O)N3CCCC(n4ccnc4)C3)cc12. The fraction of sp³-hybridized carbons (Fsp3) is 0.375. The zero-order chi connectivity index (χ0) is 15.8. The smallest absolute Gasteiger partial charge is 0.255 e. The molecule has 0 aliphatic carbocycles. The lowest BCUT2D eigenvalue weighted by Gasteiger charge is -2.33. The second-order valence-corrected chi connectivity index (χ2v) is 6.65. The molecule has 1 unspecified atom stereocenters. The van der Waals surface area contributed by atoms with Crippen molar-refractivity contribution in [3.8, 4) is 0 Å². The first-order valence-corrected chi connectivity index (χ1v) is 8.48. The fourth-order valence-electron chi connectivity index (χ4n) is 3.11. The average molecular weight is 327 g/mol. The number of likely N-dealkylation sites (tertiary alicyclic amines) is 1. The van der Waals surface area contributed by atoms with Crippen LogP contribution in [0.15, 0.2) is 31.0 Å². The number of hydrogen-bond donors (Lipinski definition) is 0. The first-order chi connectivity index (χ1) is 11.2. The second kappa shape index (κ2) is 5.73. The zero-order valence-corrected chi connectivity index (χ0v) is 13.7. The van der Waals surface area contributed by atoms with Crippen LogP contribution in [0.4, 0.5) is 0 Å². The van der Waals surface area contributed by atoms with Gasteiger partial charge in [-0.3, -0.25) is 4.79 Å². The van der Waals surface area contributed by atoms with Crippen molar-refractivity contribution in [2.45, 2.75) is 25.8 Å². The van der Waals surface area contributed by atoms with E-state index in [4.69, 9.17) is 0 Å². The van der Waals surface area contributed by atoms with E-state index in [0.717, 1.165) is 35.3 Å². The molecule has 0 bridgehead atoms. The highest BCUT2D eigenvalue weighted by atomic mass is 32.1. The van der Waals surface area contributed by atoms with Gasteiger partial charge in [0.05, 0.1) is 23.6 Å². The minimum absolute atomic E-state index is 0.0508. The van der Waals surface area contributed by atoms with Crippen LogP contribution in [-0.4, -0.2) is 42.8 Å². The van der Waals surface area contributed by atoms with Gasteiger partial charge in [0.1, 0.15) is 4.83 Å². The number of hydrogen-bond acceptors (Lipinski definition) is 5. The molecule has 0 N–H and O–H groups in total. The molecule has 0 aromatic carbocycles. The van der Waals surface area contributed by atoms with Crippen LogP contribution in [0.5, 0.6) is 0 Å². The summed E-state index contributed by atoms with van der Waals surface area (Å²) in [5.41, 5.74) is 1.58. The van der Waals surface area contributed by atoms with Crippen LogP contribution < -0.4 is 0 Å². The maximum Gasteiger partial charge on any atom is 0.255 e. The third-order valence-electron chi connectivity index (χ3n) is 4.39. The number of carbonyl (C=O) groups excluding carboxylic acids is 1. The Hall–Kier alpha value is -2.28. The van der Waals surface area contributed by atoms with E-state index >= 15 is 0 Å². The van der Waals surface area contributed by atoms with E-state index in [2.05, 4.69) is 18.9 Å². The Kier molecular flexibility index (Phi) is 3.57. The molecule has 4 heterocycles. The van der Waals surface area contributed by atoms with E-state index < -0.39 is 0 Å². The summed E-state index contributed by atoms with van der Waals surface area (Å²) in [6.07, 6.45) is 9.32. The number of aryl methyl sites for hydroxylation is 1. The molecular formula is C16H17N5OS. The lowest BCUT2D eigenvalue weighted by molar-refractivity contribution is 0.0679. The predicted molar refractivity (Wildman–Crippen MR) is 88.6 cm³/mol. The summed E-state index contributed by atoms with van der Waals surface area (Å²) < 4.78 is 6.39. The molecule has 118 valence electrons. The topological polar surface area (TPSA) is 63.9 Å². The molecular weight excluding hydrogens is 310 g/mol. The van der Waals surface area contributed by atoms with E-state index in [-0.39, 0.29) is 5.91 Å². The van der Waals surface area contributed by atoms with Gasteiger partial charge in [0.15, 0.2) is 0 Å². The van der Waals surface area contributed by atoms with Crippen molar-refractivity contribution in [3.05, 3.63) is 42.2 Å². The number of pyridine rings is 1. The molecule has 7 heteroatoms. The van der Waals surface area contributed by atoms with Crippen LogP contribution in [0.3, 0.4) is 0 Å². The highest BCUT2D eigenvalue weighted by Gasteiger charge is 2.25. The Labute approximate surface area is 137 Å². The van der Waals surface area contributed by atoms with Gasteiger partial charge in [-0.2, -0.15) is 4.37 Å². The number of nitrogens with zero attached hydrogens (tertiary/aromatic N) is 5. The molecule has 3 aromatic heterocycles. The first kappa shape index (κ1) is 14.3. The van der Waals surface area contributed by atoms with Gasteiger partial charge in [-0.05, 0) is 37.4 Å². The third-order valence-corrected chi connectivity index (χ3v) is 5.25. The second-order valence-electron chi connectivity index (χ2n) is 5.90. The van der Waals surface area contributed by atoms with Crippen LogP contribution in [-0.2, 0) is 0 Å². The van der Waals surface area contributed by atoms with Gasteiger partial charge in [0, 0.05) is 37.1 Å². The standard InChI is InChI=1S/C16H17N5OS/c1-11-14-7-12(8-18-15(14)23-19-11)16(22)20-5-2-3-13(9-20)21-6-4-17-10-21/h4,6-8,10,13H,2-3,5,9H2,1H3. The van der Waals surface area contributed by atoms with Gasteiger partial charge < -0.3 is 9.47 Å². The lowest BCUT2D eigenvalue weighted by Crippen LogP contribution is -2.40. The summed E-state index contributed by atoms with van der Waals surface area (Å²) >= 11 is 1.37. The van der Waals surface area contributed by atoms with Crippen LogP contribution >= 0.6 is 11.5 Å². The predicted octanol–water partition coefficient (Wildman–Crippen LogP) is 2.67. The van der Waals surface area contributed by atoms with Gasteiger partial charge >= 0.3 is 0 Å². The molecule has 0 saturated carbocycles. The zero-order valence-electron chi connectivity index (χ0n) is 12.8. The molecule has 1 aliphatic rings. The number of fused-ring (bicyclic) bond motifs is 1. The minimum Gasteiger partial charge on any atom is -0.337 e. The van der Waals surface area contributed by atoms with Crippen molar-refractivity contribution in [1.82, 2.24) is 23.8 Å². The highest BCUT2D eigenvalue weighted by molar-refractivity contribution is 7.12. The van der Waals surface area contributed by atoms with E-state index in [9.17, 15) is 4.79 Å². The molecule has 3 aromatic rings. The largest absolute Gasteiger partial charge is 0.337 e. The molecule has 1 atom stereocenters. The van der Waals surface area contributed by atoms with Gasteiger partial charge in [-0.15, -0.1) is 0 Å². The highest BCUT2D eigenvalue weighted by Crippen LogP contribution is 2.25. The first-order valence-electron chi connectivity index (χ1n) is 7.71. The lowest BCUT2D eigenvalue weighted by atomic mass is 10.0. The molecule has 0 radical (unpaired) electrons. The molecule has 1 amide bonds. The van der Waals surface area contributed by atoms with Crippen molar-refractivity contribution in [2.24, 2.45) is 0 Å². The Morgan fingerprint density at radius 1 is 1.43 bits per heavy atom. The van der Waals surface area contributed by atoms with Gasteiger partial charge in [-0.25, -0.2) is 9.97 Å². The summed E-state index contributed by atoms with van der Waals surface area (Å²) in [5, 5.41) is 0.976. The summed E-state index contributed by atoms with van der Waals surface area (Å²) in [7, 11) is 0. The minimum atomic E-state index is 0.0508. The van der Waals surface area contributed by atoms with Crippen LogP contribution in [0, 0.1) is 6.92 Å². The van der Waals surface area contributed by atoms with E-state index in [1.54, 1.807) is 12.4 Å².